The molecule has 1 atom stereocenters. The van der Waals surface area contributed by atoms with Crippen molar-refractivity contribution in [2.75, 3.05) is 13.2 Å². The second-order valence-corrected chi connectivity index (χ2v) is 3.88. The Kier molecular flexibility index (Phi) is 1.77. The molecule has 0 aromatic carbocycles. The van der Waals surface area contributed by atoms with Crippen LogP contribution in [0.5, 0.6) is 0 Å². The van der Waals surface area contributed by atoms with E-state index >= 15 is 0 Å². The van der Waals surface area contributed by atoms with Gasteiger partial charge in [0.15, 0.2) is 0 Å². The smallest absolute Gasteiger partial charge is 0.0650 e. The lowest BCUT2D eigenvalue weighted by molar-refractivity contribution is 0.433. The molecule has 2 heterocycles. The van der Waals surface area contributed by atoms with Gasteiger partial charge in [-0.3, -0.25) is 10.3 Å². The van der Waals surface area contributed by atoms with Gasteiger partial charge in [-0.25, -0.2) is 0 Å². The summed E-state index contributed by atoms with van der Waals surface area (Å²) in [6.07, 6.45) is 7.20. The molecule has 1 aromatic heterocycles. The van der Waals surface area contributed by atoms with E-state index in [2.05, 4.69) is 27.8 Å². The lowest BCUT2D eigenvalue weighted by atomic mass is 9.87. The first-order chi connectivity index (χ1) is 6.93. The summed E-state index contributed by atoms with van der Waals surface area (Å²) in [6.45, 7) is 1.97. The highest BCUT2D eigenvalue weighted by atomic mass is 15.1. The predicted molar refractivity (Wildman–Crippen MR) is 55.4 cm³/mol. The zero-order valence-electron chi connectivity index (χ0n) is 7.96. The van der Waals surface area contributed by atoms with Crippen molar-refractivity contribution >= 4 is 6.08 Å². The van der Waals surface area contributed by atoms with Crippen molar-refractivity contribution in [1.82, 2.24) is 15.6 Å². The van der Waals surface area contributed by atoms with Gasteiger partial charge < -0.3 is 5.32 Å². The molecular weight excluding hydrogens is 174 g/mol. The van der Waals surface area contributed by atoms with Gasteiger partial charge in [0.1, 0.15) is 0 Å². The molecule has 0 spiro atoms. The minimum Gasteiger partial charge on any atom is -0.376 e. The molecule has 1 aliphatic heterocycles. The highest BCUT2D eigenvalue weighted by Gasteiger charge is 2.23. The number of aromatic nitrogens is 1. The Morgan fingerprint density at radius 2 is 2.43 bits per heavy atom. The average Bonchev–Trinajstić information content (AvgIpc) is 2.26. The molecule has 0 radical (unpaired) electrons. The van der Waals surface area contributed by atoms with E-state index < -0.39 is 0 Å². The van der Waals surface area contributed by atoms with Gasteiger partial charge in [-0.15, -0.1) is 0 Å². The van der Waals surface area contributed by atoms with E-state index in [1.807, 2.05) is 12.4 Å². The van der Waals surface area contributed by atoms with Crippen molar-refractivity contribution in [3.63, 3.8) is 0 Å². The van der Waals surface area contributed by atoms with Crippen LogP contribution in [0.3, 0.4) is 0 Å². The van der Waals surface area contributed by atoms with Crippen molar-refractivity contribution in [3.05, 3.63) is 35.3 Å². The summed E-state index contributed by atoms with van der Waals surface area (Å²) >= 11 is 0. The molecule has 2 N–H and O–H groups in total. The number of nitrogens with zero attached hydrogens (tertiary/aromatic N) is 1. The maximum Gasteiger partial charge on any atom is 0.0650 e. The summed E-state index contributed by atoms with van der Waals surface area (Å²) in [6, 6.07) is 2.09. The van der Waals surface area contributed by atoms with Crippen LogP contribution in [0.2, 0.25) is 0 Å². The second kappa shape index (κ2) is 3.10. The summed E-state index contributed by atoms with van der Waals surface area (Å²) in [7, 11) is 0. The summed E-state index contributed by atoms with van der Waals surface area (Å²) in [4.78, 5) is 4.17. The van der Waals surface area contributed by atoms with Crippen LogP contribution in [0.15, 0.2) is 24.2 Å². The molecule has 1 unspecified atom stereocenters. The SMILES string of the molecule is C1=C2NCNCC2Cc2cnccc21. The minimum atomic E-state index is 0.612. The fraction of sp³-hybridized carbons (Fsp3) is 0.364. The van der Waals surface area contributed by atoms with Crippen molar-refractivity contribution in [2.45, 2.75) is 6.42 Å². The zero-order chi connectivity index (χ0) is 9.38. The van der Waals surface area contributed by atoms with E-state index in [-0.39, 0.29) is 0 Å². The van der Waals surface area contributed by atoms with E-state index in [0.29, 0.717) is 5.92 Å². The monoisotopic (exact) mass is 187 g/mol. The van der Waals surface area contributed by atoms with Crippen LogP contribution < -0.4 is 10.6 Å². The van der Waals surface area contributed by atoms with Crippen LogP contribution in [0, 0.1) is 5.92 Å². The summed E-state index contributed by atoms with van der Waals surface area (Å²) in [5.41, 5.74) is 4.06. The number of hydrogen-bond donors (Lipinski definition) is 2. The molecule has 2 aliphatic rings. The number of nitrogens with one attached hydrogen (secondary N) is 2. The van der Waals surface area contributed by atoms with Gasteiger partial charge in [0, 0.05) is 30.6 Å². The van der Waals surface area contributed by atoms with Crippen molar-refractivity contribution in [2.24, 2.45) is 5.92 Å². The van der Waals surface area contributed by atoms with Crippen molar-refractivity contribution < 1.29 is 0 Å². The Balaban J connectivity index is 2.03. The van der Waals surface area contributed by atoms with E-state index in [0.717, 1.165) is 19.6 Å². The molecule has 3 nitrogen and oxygen atoms in total. The number of fused-ring (bicyclic) bond motifs is 2. The molecule has 0 saturated carbocycles. The predicted octanol–water partition coefficient (Wildman–Crippen LogP) is 0.745. The summed E-state index contributed by atoms with van der Waals surface area (Å²) in [5.74, 6) is 0.612. The third kappa shape index (κ3) is 1.21. The molecule has 14 heavy (non-hydrogen) atoms. The van der Waals surface area contributed by atoms with Gasteiger partial charge in [0.05, 0.1) is 6.67 Å². The minimum absolute atomic E-state index is 0.612. The first-order valence-corrected chi connectivity index (χ1v) is 5.02. The van der Waals surface area contributed by atoms with Crippen LogP contribution >= 0.6 is 0 Å². The number of rotatable bonds is 0. The Hall–Kier alpha value is -1.35. The fourth-order valence-electron chi connectivity index (χ4n) is 2.20. The standard InChI is InChI=1S/C11H13N3/c1-2-12-5-9-3-10-6-13-7-14-11(10)4-8(1)9/h1-2,4-5,10,13-14H,3,6-7H2. The van der Waals surface area contributed by atoms with E-state index in [9.17, 15) is 0 Å². The van der Waals surface area contributed by atoms with Gasteiger partial charge in [0.2, 0.25) is 0 Å². The average molecular weight is 187 g/mol. The molecule has 72 valence electrons. The molecule has 0 bridgehead atoms. The molecule has 1 fully saturated rings. The van der Waals surface area contributed by atoms with Crippen molar-refractivity contribution in [1.29, 1.82) is 0 Å². The normalized spacial score (nSPS) is 24.3. The van der Waals surface area contributed by atoms with E-state index in [4.69, 9.17) is 0 Å². The van der Waals surface area contributed by atoms with Crippen LogP contribution in [0.4, 0.5) is 0 Å². The van der Waals surface area contributed by atoms with Crippen LogP contribution in [0.25, 0.3) is 6.08 Å². The van der Waals surface area contributed by atoms with Gasteiger partial charge in [0.25, 0.3) is 0 Å². The van der Waals surface area contributed by atoms with Crippen LogP contribution in [-0.4, -0.2) is 18.2 Å². The molecule has 3 rings (SSSR count). The quantitative estimate of drug-likeness (QED) is 0.629. The largest absolute Gasteiger partial charge is 0.376 e. The van der Waals surface area contributed by atoms with E-state index in [1.54, 1.807) is 0 Å². The molecule has 1 aromatic rings. The Morgan fingerprint density at radius 1 is 1.43 bits per heavy atom. The van der Waals surface area contributed by atoms with Gasteiger partial charge in [-0.1, -0.05) is 0 Å². The number of hydrogen-bond acceptors (Lipinski definition) is 3. The maximum absolute atomic E-state index is 4.17. The maximum atomic E-state index is 4.17. The summed E-state index contributed by atoms with van der Waals surface area (Å²) in [5, 5.41) is 6.73. The second-order valence-electron chi connectivity index (χ2n) is 3.88. The lowest BCUT2D eigenvalue weighted by Gasteiger charge is -2.31. The van der Waals surface area contributed by atoms with Crippen LogP contribution in [0.1, 0.15) is 11.1 Å². The third-order valence-electron chi connectivity index (χ3n) is 2.97. The third-order valence-corrected chi connectivity index (χ3v) is 2.97. The first-order valence-electron chi connectivity index (χ1n) is 5.02. The van der Waals surface area contributed by atoms with Crippen molar-refractivity contribution in [3.8, 4) is 0 Å². The Bertz CT molecular complexity index is 384. The molecule has 0 amide bonds. The topological polar surface area (TPSA) is 37.0 Å². The molecule has 1 saturated heterocycles. The van der Waals surface area contributed by atoms with Gasteiger partial charge in [-0.05, 0) is 29.7 Å². The summed E-state index contributed by atoms with van der Waals surface area (Å²) < 4.78 is 0. The molecule has 3 heteroatoms. The molecule has 1 aliphatic carbocycles. The van der Waals surface area contributed by atoms with E-state index in [1.165, 1.54) is 16.8 Å². The highest BCUT2D eigenvalue weighted by Crippen LogP contribution is 2.26. The first kappa shape index (κ1) is 8.00. The molecular formula is C11H13N3. The van der Waals surface area contributed by atoms with Gasteiger partial charge >= 0.3 is 0 Å². The number of pyridine rings is 1. The zero-order valence-corrected chi connectivity index (χ0v) is 7.96. The fourth-order valence-corrected chi connectivity index (χ4v) is 2.20. The van der Waals surface area contributed by atoms with Crippen LogP contribution in [-0.2, 0) is 6.42 Å². The lowest BCUT2D eigenvalue weighted by Crippen LogP contribution is -2.43. The Morgan fingerprint density at radius 3 is 3.43 bits per heavy atom. The Labute approximate surface area is 83.2 Å². The highest BCUT2D eigenvalue weighted by molar-refractivity contribution is 5.59. The van der Waals surface area contributed by atoms with Gasteiger partial charge in [-0.2, -0.15) is 0 Å².